The van der Waals surface area contributed by atoms with Crippen LogP contribution < -0.4 is 0 Å². The molecular weight excluding hydrogens is 362 g/mol. The molecule has 2 atom stereocenters. The van der Waals surface area contributed by atoms with Gasteiger partial charge >= 0.3 is 0 Å². The number of benzene rings is 1. The van der Waals surface area contributed by atoms with Crippen molar-refractivity contribution in [2.45, 2.75) is 44.0 Å². The summed E-state index contributed by atoms with van der Waals surface area (Å²) in [5.74, 6) is 0.359. The van der Waals surface area contributed by atoms with E-state index < -0.39 is 5.79 Å². The smallest absolute Gasteiger partial charge is 0.247 e. The zero-order chi connectivity index (χ0) is 20.5. The molecule has 0 N–H and O–H groups in total. The summed E-state index contributed by atoms with van der Waals surface area (Å²) in [6.07, 6.45) is 9.76. The fourth-order valence-corrected chi connectivity index (χ4v) is 4.61. The number of rotatable bonds is 6. The molecule has 0 amide bonds. The van der Waals surface area contributed by atoms with Crippen LogP contribution in [0, 0.1) is 5.92 Å². The van der Waals surface area contributed by atoms with Crippen molar-refractivity contribution >= 4 is 0 Å². The van der Waals surface area contributed by atoms with Crippen LogP contribution in [-0.4, -0.2) is 30.6 Å². The normalized spacial score (nSPS) is 22.8. The van der Waals surface area contributed by atoms with Crippen molar-refractivity contribution in [3.8, 4) is 0 Å². The van der Waals surface area contributed by atoms with Crippen molar-refractivity contribution in [2.24, 2.45) is 5.92 Å². The lowest BCUT2D eigenvalue weighted by molar-refractivity contribution is -0.177. The summed E-state index contributed by atoms with van der Waals surface area (Å²) in [7, 11) is 3.33. The van der Waals surface area contributed by atoms with Gasteiger partial charge in [-0.05, 0) is 61.1 Å². The molecule has 4 heteroatoms. The van der Waals surface area contributed by atoms with Gasteiger partial charge in [-0.25, -0.2) is 0 Å². The van der Waals surface area contributed by atoms with Crippen LogP contribution in [0.4, 0.5) is 0 Å². The molecule has 4 nitrogen and oxygen atoms in total. The van der Waals surface area contributed by atoms with E-state index in [1.807, 2.05) is 18.5 Å². The SMILES string of the molecule is COC1(OC)C=CC(C(Cc2ccncc2)c2ccccc2)C2=C1OC(C)(C)C2. The van der Waals surface area contributed by atoms with Gasteiger partial charge in [0.1, 0.15) is 5.60 Å². The molecule has 1 aliphatic heterocycles. The second kappa shape index (κ2) is 7.77. The first-order valence-electron chi connectivity index (χ1n) is 10.1. The van der Waals surface area contributed by atoms with E-state index in [1.165, 1.54) is 16.7 Å². The Morgan fingerprint density at radius 3 is 2.41 bits per heavy atom. The van der Waals surface area contributed by atoms with E-state index in [9.17, 15) is 0 Å². The lowest BCUT2D eigenvalue weighted by Gasteiger charge is -2.36. The molecule has 1 aromatic heterocycles. The van der Waals surface area contributed by atoms with Crippen molar-refractivity contribution in [3.63, 3.8) is 0 Å². The predicted molar refractivity (Wildman–Crippen MR) is 113 cm³/mol. The summed E-state index contributed by atoms with van der Waals surface area (Å²) in [6.45, 7) is 4.25. The van der Waals surface area contributed by atoms with E-state index in [1.54, 1.807) is 14.2 Å². The van der Waals surface area contributed by atoms with Gasteiger partial charge in [-0.15, -0.1) is 0 Å². The van der Waals surface area contributed by atoms with Crippen LogP contribution in [0.3, 0.4) is 0 Å². The monoisotopic (exact) mass is 391 g/mol. The fourth-order valence-electron chi connectivity index (χ4n) is 4.61. The Labute approximate surface area is 173 Å². The van der Waals surface area contributed by atoms with Crippen LogP contribution in [0.15, 0.2) is 78.3 Å². The summed E-state index contributed by atoms with van der Waals surface area (Å²) in [5.41, 5.74) is 3.58. The summed E-state index contributed by atoms with van der Waals surface area (Å²) < 4.78 is 18.0. The third-order valence-electron chi connectivity index (χ3n) is 6.00. The Hall–Kier alpha value is -2.43. The number of methoxy groups -OCH3 is 2. The van der Waals surface area contributed by atoms with E-state index in [2.05, 4.69) is 67.4 Å². The van der Waals surface area contributed by atoms with E-state index in [4.69, 9.17) is 14.2 Å². The molecule has 0 spiro atoms. The maximum absolute atomic E-state index is 6.39. The van der Waals surface area contributed by atoms with Crippen molar-refractivity contribution in [2.75, 3.05) is 14.2 Å². The number of allylic oxidation sites excluding steroid dienone is 1. The number of aromatic nitrogens is 1. The number of hydrogen-bond acceptors (Lipinski definition) is 4. The van der Waals surface area contributed by atoms with Gasteiger partial charge in [0.2, 0.25) is 5.79 Å². The van der Waals surface area contributed by atoms with Crippen molar-refractivity contribution in [1.82, 2.24) is 4.98 Å². The Morgan fingerprint density at radius 2 is 1.76 bits per heavy atom. The largest absolute Gasteiger partial charge is 0.486 e. The molecule has 2 aliphatic rings. The maximum Gasteiger partial charge on any atom is 0.247 e. The molecule has 2 heterocycles. The van der Waals surface area contributed by atoms with Gasteiger partial charge in [-0.2, -0.15) is 0 Å². The van der Waals surface area contributed by atoms with Crippen molar-refractivity contribution in [3.05, 3.63) is 89.5 Å². The Kier molecular flexibility index (Phi) is 5.32. The lowest BCUT2D eigenvalue weighted by atomic mass is 9.73. The highest BCUT2D eigenvalue weighted by Gasteiger charge is 2.49. The lowest BCUT2D eigenvalue weighted by Crippen LogP contribution is -2.38. The summed E-state index contributed by atoms with van der Waals surface area (Å²) >= 11 is 0. The Bertz CT molecular complexity index is 898. The van der Waals surface area contributed by atoms with Crippen molar-refractivity contribution in [1.29, 1.82) is 0 Å². The van der Waals surface area contributed by atoms with Gasteiger partial charge in [0.15, 0.2) is 5.76 Å². The molecule has 29 heavy (non-hydrogen) atoms. The highest BCUT2D eigenvalue weighted by atomic mass is 16.7. The fraction of sp³-hybridized carbons (Fsp3) is 0.400. The van der Waals surface area contributed by atoms with E-state index in [0.717, 1.165) is 18.6 Å². The number of ether oxygens (including phenoxy) is 3. The van der Waals surface area contributed by atoms with Gasteiger partial charge in [0, 0.05) is 39.0 Å². The Morgan fingerprint density at radius 1 is 1.07 bits per heavy atom. The van der Waals surface area contributed by atoms with Crippen LogP contribution in [0.2, 0.25) is 0 Å². The van der Waals surface area contributed by atoms with Crippen LogP contribution in [0.5, 0.6) is 0 Å². The first-order chi connectivity index (χ1) is 14.0. The molecular formula is C25H29NO3. The number of hydrogen-bond donors (Lipinski definition) is 0. The first kappa shape index (κ1) is 19.9. The van der Waals surface area contributed by atoms with Gasteiger partial charge < -0.3 is 14.2 Å². The number of pyridine rings is 1. The Balaban J connectivity index is 1.78. The number of nitrogens with zero attached hydrogens (tertiary/aromatic N) is 1. The summed E-state index contributed by atoms with van der Waals surface area (Å²) in [5, 5.41) is 0. The van der Waals surface area contributed by atoms with E-state index in [0.29, 0.717) is 0 Å². The topological polar surface area (TPSA) is 40.6 Å². The van der Waals surface area contributed by atoms with E-state index in [-0.39, 0.29) is 17.4 Å². The third kappa shape index (κ3) is 3.75. The molecule has 2 unspecified atom stereocenters. The van der Waals surface area contributed by atoms with Crippen LogP contribution in [0.25, 0.3) is 0 Å². The average molecular weight is 392 g/mol. The minimum absolute atomic E-state index is 0.209. The zero-order valence-corrected chi connectivity index (χ0v) is 17.6. The third-order valence-corrected chi connectivity index (χ3v) is 6.00. The van der Waals surface area contributed by atoms with Gasteiger partial charge in [-0.1, -0.05) is 36.4 Å². The first-order valence-corrected chi connectivity index (χ1v) is 10.1. The van der Waals surface area contributed by atoms with Crippen LogP contribution in [-0.2, 0) is 20.6 Å². The maximum atomic E-state index is 6.39. The molecule has 152 valence electrons. The highest BCUT2D eigenvalue weighted by Crippen LogP contribution is 2.50. The average Bonchev–Trinajstić information content (AvgIpc) is 3.08. The second-order valence-electron chi connectivity index (χ2n) is 8.43. The molecule has 1 aliphatic carbocycles. The minimum atomic E-state index is -0.947. The van der Waals surface area contributed by atoms with Gasteiger partial charge in [0.05, 0.1) is 0 Å². The molecule has 4 rings (SSSR count). The van der Waals surface area contributed by atoms with Crippen LogP contribution >= 0.6 is 0 Å². The minimum Gasteiger partial charge on any atom is -0.486 e. The van der Waals surface area contributed by atoms with Gasteiger partial charge in [-0.3, -0.25) is 4.98 Å². The highest BCUT2D eigenvalue weighted by molar-refractivity contribution is 5.40. The standard InChI is InChI=1S/C25H29NO3/c1-24(2)17-22-20(10-13-25(27-3,28-4)23(22)29-24)21(19-8-6-5-7-9-19)16-18-11-14-26-15-12-18/h5-15,20-21H,16-17H2,1-4H3. The molecule has 0 bridgehead atoms. The molecule has 1 aromatic carbocycles. The van der Waals surface area contributed by atoms with Crippen molar-refractivity contribution < 1.29 is 14.2 Å². The van der Waals surface area contributed by atoms with Gasteiger partial charge in [0.25, 0.3) is 0 Å². The van der Waals surface area contributed by atoms with Crippen LogP contribution in [0.1, 0.15) is 37.3 Å². The zero-order valence-electron chi connectivity index (χ0n) is 17.6. The van der Waals surface area contributed by atoms with E-state index >= 15 is 0 Å². The second-order valence-corrected chi connectivity index (χ2v) is 8.43. The summed E-state index contributed by atoms with van der Waals surface area (Å²) in [4.78, 5) is 4.17. The molecule has 0 fully saturated rings. The molecule has 2 aromatic rings. The molecule has 0 saturated carbocycles. The molecule has 0 saturated heterocycles. The summed E-state index contributed by atoms with van der Waals surface area (Å²) in [6, 6.07) is 14.9. The molecule has 0 radical (unpaired) electrons. The predicted octanol–water partition coefficient (Wildman–Crippen LogP) is 5.04. The quantitative estimate of drug-likeness (QED) is 0.511.